The number of morpholine rings is 1. The van der Waals surface area contributed by atoms with Gasteiger partial charge in [-0.2, -0.15) is 0 Å². The number of carbonyl (C=O) groups is 1. The third kappa shape index (κ3) is 5.14. The van der Waals surface area contributed by atoms with Gasteiger partial charge in [0.25, 0.3) is 5.91 Å². The summed E-state index contributed by atoms with van der Waals surface area (Å²) in [5.74, 6) is 1.06. The summed E-state index contributed by atoms with van der Waals surface area (Å²) in [7, 11) is 0.559. The quantitative estimate of drug-likeness (QED) is 0.639. The minimum Gasteiger partial charge on any atom is -0.496 e. The Bertz CT molecular complexity index is 1070. The molecule has 0 spiro atoms. The summed E-state index contributed by atoms with van der Waals surface area (Å²) < 4.78 is 50.0. The Morgan fingerprint density at radius 3 is 2.22 bits per heavy atom. The van der Waals surface area contributed by atoms with Crippen molar-refractivity contribution in [1.82, 2.24) is 9.62 Å². The molecule has 10 heteroatoms. The number of hydrogen-bond donors (Lipinski definition) is 1. The average Bonchev–Trinajstić information content (AvgIpc) is 2.82. The first-order valence-corrected chi connectivity index (χ1v) is 11.6. The molecule has 0 aromatic heterocycles. The van der Waals surface area contributed by atoms with E-state index in [1.165, 1.54) is 39.5 Å². The summed E-state index contributed by atoms with van der Waals surface area (Å²) in [6.45, 7) is 3.48. The Balaban J connectivity index is 1.87. The molecular formula is C22H28N2O7S. The van der Waals surface area contributed by atoms with Crippen LogP contribution in [0.15, 0.2) is 41.3 Å². The van der Waals surface area contributed by atoms with Gasteiger partial charge in [0.05, 0.1) is 45.0 Å². The first kappa shape index (κ1) is 23.8. The Kier molecular flexibility index (Phi) is 7.60. The van der Waals surface area contributed by atoms with Crippen LogP contribution in [0.25, 0.3) is 0 Å². The lowest BCUT2D eigenvalue weighted by Crippen LogP contribution is -2.40. The van der Waals surface area contributed by atoms with Crippen LogP contribution in [-0.2, 0) is 14.8 Å². The molecule has 1 heterocycles. The number of nitrogens with zero attached hydrogens (tertiary/aromatic N) is 1. The van der Waals surface area contributed by atoms with Gasteiger partial charge in [-0.1, -0.05) is 6.07 Å². The number of hydrogen-bond acceptors (Lipinski definition) is 7. The predicted molar refractivity (Wildman–Crippen MR) is 118 cm³/mol. The van der Waals surface area contributed by atoms with Gasteiger partial charge in [0, 0.05) is 19.1 Å². The number of ether oxygens (including phenoxy) is 4. The number of benzene rings is 2. The molecule has 2 aromatic rings. The van der Waals surface area contributed by atoms with Crippen molar-refractivity contribution >= 4 is 15.9 Å². The maximum atomic E-state index is 13.1. The van der Waals surface area contributed by atoms with Crippen LogP contribution in [0.4, 0.5) is 0 Å². The van der Waals surface area contributed by atoms with Crippen LogP contribution in [0, 0.1) is 0 Å². The van der Waals surface area contributed by atoms with Crippen LogP contribution in [0.1, 0.15) is 28.9 Å². The lowest BCUT2D eigenvalue weighted by Gasteiger charge is -2.27. The number of methoxy groups -OCH3 is 3. The van der Waals surface area contributed by atoms with E-state index in [4.69, 9.17) is 18.9 Å². The van der Waals surface area contributed by atoms with Gasteiger partial charge in [0.2, 0.25) is 10.0 Å². The molecule has 32 heavy (non-hydrogen) atoms. The van der Waals surface area contributed by atoms with Crippen LogP contribution in [-0.4, -0.2) is 66.9 Å². The van der Waals surface area contributed by atoms with Crippen LogP contribution >= 0.6 is 0 Å². The Morgan fingerprint density at radius 1 is 0.969 bits per heavy atom. The molecule has 9 nitrogen and oxygen atoms in total. The second-order valence-electron chi connectivity index (χ2n) is 7.22. The Morgan fingerprint density at radius 2 is 1.59 bits per heavy atom. The number of nitrogens with one attached hydrogen (secondary N) is 1. The molecule has 1 N–H and O–H groups in total. The van der Waals surface area contributed by atoms with E-state index in [1.54, 1.807) is 30.0 Å². The second kappa shape index (κ2) is 10.2. The first-order valence-electron chi connectivity index (χ1n) is 10.1. The van der Waals surface area contributed by atoms with E-state index in [-0.39, 0.29) is 16.4 Å². The molecule has 2 aromatic carbocycles. The lowest BCUT2D eigenvalue weighted by molar-refractivity contribution is 0.0300. The standard InChI is InChI=1S/C22H28N2O7S/c1-15(16-5-7-20(29-3)21(13-16)30-4)23-32(26,27)17-6-8-19(28-2)18(14-17)22(25)24-9-11-31-12-10-24/h5-8,13-15,23H,9-12H2,1-4H3/t15-/m0/s1. The number of carbonyl (C=O) groups excluding carboxylic acids is 1. The summed E-state index contributed by atoms with van der Waals surface area (Å²) in [5, 5.41) is 0. The molecule has 0 unspecified atom stereocenters. The molecule has 1 aliphatic heterocycles. The highest BCUT2D eigenvalue weighted by atomic mass is 32.2. The van der Waals surface area contributed by atoms with E-state index in [9.17, 15) is 13.2 Å². The fourth-order valence-corrected chi connectivity index (χ4v) is 4.71. The average molecular weight is 465 g/mol. The highest BCUT2D eigenvalue weighted by molar-refractivity contribution is 7.89. The van der Waals surface area contributed by atoms with Crippen LogP contribution in [0.2, 0.25) is 0 Å². The first-order chi connectivity index (χ1) is 15.3. The van der Waals surface area contributed by atoms with Crippen molar-refractivity contribution in [3.05, 3.63) is 47.5 Å². The van der Waals surface area contributed by atoms with Crippen molar-refractivity contribution in [3.8, 4) is 17.2 Å². The highest BCUT2D eigenvalue weighted by Crippen LogP contribution is 2.31. The zero-order valence-corrected chi connectivity index (χ0v) is 19.4. The van der Waals surface area contributed by atoms with Gasteiger partial charge in [-0.15, -0.1) is 0 Å². The van der Waals surface area contributed by atoms with Crippen molar-refractivity contribution in [2.24, 2.45) is 0 Å². The van der Waals surface area contributed by atoms with Crippen LogP contribution in [0.5, 0.6) is 17.2 Å². The predicted octanol–water partition coefficient (Wildman–Crippen LogP) is 2.22. The largest absolute Gasteiger partial charge is 0.496 e. The Labute approximate surface area is 188 Å². The van der Waals surface area contributed by atoms with E-state index < -0.39 is 16.1 Å². The second-order valence-corrected chi connectivity index (χ2v) is 8.94. The van der Waals surface area contributed by atoms with Crippen molar-refractivity contribution in [3.63, 3.8) is 0 Å². The number of sulfonamides is 1. The van der Waals surface area contributed by atoms with Gasteiger partial charge in [-0.05, 0) is 42.8 Å². The molecule has 0 saturated carbocycles. The molecule has 3 rings (SSSR count). The van der Waals surface area contributed by atoms with Gasteiger partial charge in [-0.3, -0.25) is 4.79 Å². The smallest absolute Gasteiger partial charge is 0.257 e. The SMILES string of the molecule is COc1ccc([C@H](C)NS(=O)(=O)c2ccc(OC)c(C(=O)N3CCOCC3)c2)cc1OC. The molecule has 174 valence electrons. The lowest BCUT2D eigenvalue weighted by atomic mass is 10.1. The number of amides is 1. The summed E-state index contributed by atoms with van der Waals surface area (Å²) in [6, 6.07) is 8.89. The van der Waals surface area contributed by atoms with Gasteiger partial charge in [0.1, 0.15) is 5.75 Å². The highest BCUT2D eigenvalue weighted by Gasteiger charge is 2.26. The molecule has 1 fully saturated rings. The maximum absolute atomic E-state index is 13.1. The summed E-state index contributed by atoms with van der Waals surface area (Å²) in [4.78, 5) is 14.6. The zero-order chi connectivity index (χ0) is 23.3. The van der Waals surface area contributed by atoms with Crippen molar-refractivity contribution in [2.45, 2.75) is 17.9 Å². The fraction of sp³-hybridized carbons (Fsp3) is 0.409. The van der Waals surface area contributed by atoms with Gasteiger partial charge < -0.3 is 23.8 Å². The van der Waals surface area contributed by atoms with Crippen molar-refractivity contribution in [1.29, 1.82) is 0 Å². The van der Waals surface area contributed by atoms with Gasteiger partial charge in [0.15, 0.2) is 11.5 Å². The van der Waals surface area contributed by atoms with E-state index >= 15 is 0 Å². The molecule has 1 saturated heterocycles. The third-order valence-corrected chi connectivity index (χ3v) is 6.79. The Hall–Kier alpha value is -2.82. The summed E-state index contributed by atoms with van der Waals surface area (Å²) in [5.41, 5.74) is 0.889. The molecule has 1 aliphatic rings. The maximum Gasteiger partial charge on any atom is 0.257 e. The van der Waals surface area contributed by atoms with Crippen LogP contribution < -0.4 is 18.9 Å². The van der Waals surface area contributed by atoms with E-state index in [1.807, 2.05) is 0 Å². The van der Waals surface area contributed by atoms with E-state index in [0.29, 0.717) is 49.1 Å². The zero-order valence-electron chi connectivity index (χ0n) is 18.6. The summed E-state index contributed by atoms with van der Waals surface area (Å²) >= 11 is 0. The van der Waals surface area contributed by atoms with Gasteiger partial charge in [-0.25, -0.2) is 13.1 Å². The molecule has 0 bridgehead atoms. The monoisotopic (exact) mass is 464 g/mol. The van der Waals surface area contributed by atoms with E-state index in [0.717, 1.165) is 0 Å². The molecule has 1 amide bonds. The number of rotatable bonds is 8. The minimum atomic E-state index is -3.93. The minimum absolute atomic E-state index is 0.0257. The third-order valence-electron chi connectivity index (χ3n) is 5.25. The fourth-order valence-electron chi connectivity index (χ4n) is 3.45. The van der Waals surface area contributed by atoms with E-state index in [2.05, 4.69) is 4.72 Å². The summed E-state index contributed by atoms with van der Waals surface area (Å²) in [6.07, 6.45) is 0. The molecule has 0 aliphatic carbocycles. The van der Waals surface area contributed by atoms with Crippen molar-refractivity contribution < 1.29 is 32.2 Å². The van der Waals surface area contributed by atoms with Crippen LogP contribution in [0.3, 0.4) is 0 Å². The molecule has 0 radical (unpaired) electrons. The normalized spacial score (nSPS) is 15.2. The molecule has 1 atom stereocenters. The van der Waals surface area contributed by atoms with Gasteiger partial charge >= 0.3 is 0 Å². The topological polar surface area (TPSA) is 103 Å². The van der Waals surface area contributed by atoms with Crippen molar-refractivity contribution in [2.75, 3.05) is 47.6 Å². The molecular weight excluding hydrogens is 436 g/mol.